The number of hydrogen-bond acceptors (Lipinski definition) is 1. The molecule has 0 radical (unpaired) electrons. The molecular weight excluding hydrogens is 152 g/mol. The van der Waals surface area contributed by atoms with Gasteiger partial charge in [0.2, 0.25) is 0 Å². The third kappa shape index (κ3) is 2.84. The lowest BCUT2D eigenvalue weighted by atomic mass is 9.75. The van der Waals surface area contributed by atoms with E-state index in [1.165, 1.54) is 19.3 Å². The van der Waals surface area contributed by atoms with Crippen molar-refractivity contribution in [2.24, 2.45) is 11.8 Å². The monoisotopic (exact) mass is 170 g/mol. The second kappa shape index (κ2) is 4.48. The second-order valence-corrected chi connectivity index (χ2v) is 3.95. The van der Waals surface area contributed by atoms with Gasteiger partial charge < -0.3 is 5.11 Å². The number of carboxylic acids is 1. The van der Waals surface area contributed by atoms with E-state index in [1.54, 1.807) is 0 Å². The smallest absolute Gasteiger partial charge is 0.303 e. The highest BCUT2D eigenvalue weighted by Gasteiger charge is 2.23. The van der Waals surface area contributed by atoms with Crippen molar-refractivity contribution in [2.45, 2.75) is 45.4 Å². The van der Waals surface area contributed by atoms with Gasteiger partial charge in [0.25, 0.3) is 0 Å². The Bertz CT molecular complexity index is 150. The zero-order valence-electron chi connectivity index (χ0n) is 7.75. The molecule has 1 N–H and O–H groups in total. The second-order valence-electron chi connectivity index (χ2n) is 3.95. The molecule has 0 aromatic carbocycles. The van der Waals surface area contributed by atoms with Gasteiger partial charge in [-0.2, -0.15) is 0 Å². The van der Waals surface area contributed by atoms with Gasteiger partial charge in [-0.05, 0) is 24.7 Å². The van der Waals surface area contributed by atoms with E-state index in [-0.39, 0.29) is 0 Å². The number of hydrogen-bond donors (Lipinski definition) is 1. The van der Waals surface area contributed by atoms with Gasteiger partial charge in [-0.25, -0.2) is 0 Å². The molecule has 2 nitrogen and oxygen atoms in total. The molecule has 0 aromatic rings. The minimum absolute atomic E-state index is 0.344. The third-order valence-corrected chi connectivity index (χ3v) is 3.00. The average Bonchev–Trinajstić information content (AvgIpc) is 1.81. The Balaban J connectivity index is 2.01. The fraction of sp³-hybridized carbons (Fsp3) is 0.900. The summed E-state index contributed by atoms with van der Waals surface area (Å²) in [5, 5.41) is 8.44. The first kappa shape index (κ1) is 9.56. The van der Waals surface area contributed by atoms with E-state index in [0.717, 1.165) is 24.7 Å². The minimum Gasteiger partial charge on any atom is -0.481 e. The molecule has 0 spiro atoms. The van der Waals surface area contributed by atoms with Crippen molar-refractivity contribution in [2.75, 3.05) is 0 Å². The van der Waals surface area contributed by atoms with E-state index >= 15 is 0 Å². The molecule has 2 heteroatoms. The summed E-state index contributed by atoms with van der Waals surface area (Å²) < 4.78 is 0. The maximum absolute atomic E-state index is 10.2. The summed E-state index contributed by atoms with van der Waals surface area (Å²) in [5.41, 5.74) is 0. The van der Waals surface area contributed by atoms with Crippen molar-refractivity contribution in [1.29, 1.82) is 0 Å². The molecule has 0 aliphatic heterocycles. The van der Waals surface area contributed by atoms with Crippen molar-refractivity contribution in [3.05, 3.63) is 0 Å². The van der Waals surface area contributed by atoms with Gasteiger partial charge in [-0.15, -0.1) is 0 Å². The molecule has 0 heterocycles. The van der Waals surface area contributed by atoms with Crippen LogP contribution in [0.1, 0.15) is 45.4 Å². The van der Waals surface area contributed by atoms with Gasteiger partial charge in [0.1, 0.15) is 0 Å². The molecule has 70 valence electrons. The summed E-state index contributed by atoms with van der Waals surface area (Å²) in [4.78, 5) is 10.2. The van der Waals surface area contributed by atoms with E-state index in [2.05, 4.69) is 6.92 Å². The van der Waals surface area contributed by atoms with Crippen LogP contribution in [0.25, 0.3) is 0 Å². The standard InChI is InChI=1S/C10H18O2/c1-8(9-5-3-6-9)4-2-7-10(11)12/h8-9H,2-7H2,1H3,(H,11,12). The Morgan fingerprint density at radius 1 is 1.58 bits per heavy atom. The molecule has 1 aliphatic carbocycles. The van der Waals surface area contributed by atoms with Crippen molar-refractivity contribution in [3.8, 4) is 0 Å². The molecule has 1 unspecified atom stereocenters. The van der Waals surface area contributed by atoms with E-state index < -0.39 is 5.97 Å². The van der Waals surface area contributed by atoms with Crippen LogP contribution >= 0.6 is 0 Å². The van der Waals surface area contributed by atoms with Crippen molar-refractivity contribution >= 4 is 5.97 Å². The minimum atomic E-state index is -0.657. The molecular formula is C10H18O2. The third-order valence-electron chi connectivity index (χ3n) is 3.00. The highest BCUT2D eigenvalue weighted by molar-refractivity contribution is 5.66. The Morgan fingerprint density at radius 3 is 2.67 bits per heavy atom. The van der Waals surface area contributed by atoms with Crippen LogP contribution < -0.4 is 0 Å². The van der Waals surface area contributed by atoms with Crippen LogP contribution in [0, 0.1) is 11.8 Å². The largest absolute Gasteiger partial charge is 0.481 e. The van der Waals surface area contributed by atoms with Crippen LogP contribution in [0.4, 0.5) is 0 Å². The maximum Gasteiger partial charge on any atom is 0.303 e. The van der Waals surface area contributed by atoms with Gasteiger partial charge in [-0.3, -0.25) is 4.79 Å². The normalized spacial score (nSPS) is 20.1. The lowest BCUT2D eigenvalue weighted by Gasteiger charge is -2.31. The van der Waals surface area contributed by atoms with Gasteiger partial charge in [-0.1, -0.05) is 26.2 Å². The lowest BCUT2D eigenvalue weighted by Crippen LogP contribution is -2.19. The van der Waals surface area contributed by atoms with Crippen LogP contribution in [0.2, 0.25) is 0 Å². The number of aliphatic carboxylic acids is 1. The van der Waals surface area contributed by atoms with Crippen LogP contribution in [-0.4, -0.2) is 11.1 Å². The van der Waals surface area contributed by atoms with Crippen LogP contribution in [0.5, 0.6) is 0 Å². The average molecular weight is 170 g/mol. The van der Waals surface area contributed by atoms with E-state index in [4.69, 9.17) is 5.11 Å². The summed E-state index contributed by atoms with van der Waals surface area (Å²) >= 11 is 0. The molecule has 1 aliphatic rings. The summed E-state index contributed by atoms with van der Waals surface area (Å²) in [6, 6.07) is 0. The number of carboxylic acid groups (broad SMARTS) is 1. The Morgan fingerprint density at radius 2 is 2.25 bits per heavy atom. The summed E-state index contributed by atoms with van der Waals surface area (Å²) in [6.45, 7) is 2.26. The fourth-order valence-electron chi connectivity index (χ4n) is 1.82. The molecule has 1 fully saturated rings. The fourth-order valence-corrected chi connectivity index (χ4v) is 1.82. The molecule has 1 rings (SSSR count). The van der Waals surface area contributed by atoms with E-state index in [1.807, 2.05) is 0 Å². The topological polar surface area (TPSA) is 37.3 Å². The molecule has 0 amide bonds. The van der Waals surface area contributed by atoms with E-state index in [0.29, 0.717) is 6.42 Å². The highest BCUT2D eigenvalue weighted by atomic mass is 16.4. The summed E-state index contributed by atoms with van der Waals surface area (Å²) in [7, 11) is 0. The Labute approximate surface area is 74.0 Å². The van der Waals surface area contributed by atoms with E-state index in [9.17, 15) is 4.79 Å². The SMILES string of the molecule is CC(CCCC(=O)O)C1CCC1. The van der Waals surface area contributed by atoms with Crippen LogP contribution in [-0.2, 0) is 4.79 Å². The van der Waals surface area contributed by atoms with Crippen molar-refractivity contribution in [1.82, 2.24) is 0 Å². The number of rotatable bonds is 5. The molecule has 0 aromatic heterocycles. The van der Waals surface area contributed by atoms with Gasteiger partial charge in [0.05, 0.1) is 0 Å². The zero-order valence-corrected chi connectivity index (χ0v) is 7.75. The first-order valence-electron chi connectivity index (χ1n) is 4.92. The number of carbonyl (C=O) groups is 1. The highest BCUT2D eigenvalue weighted by Crippen LogP contribution is 2.35. The van der Waals surface area contributed by atoms with Gasteiger partial charge in [0.15, 0.2) is 0 Å². The van der Waals surface area contributed by atoms with Crippen LogP contribution in [0.3, 0.4) is 0 Å². The first-order chi connectivity index (χ1) is 5.70. The Hall–Kier alpha value is -0.530. The molecule has 0 bridgehead atoms. The predicted octanol–water partition coefficient (Wildman–Crippen LogP) is 2.68. The molecule has 1 atom stereocenters. The summed E-state index contributed by atoms with van der Waals surface area (Å²) in [6.07, 6.45) is 6.41. The predicted molar refractivity (Wildman–Crippen MR) is 48.0 cm³/mol. The molecule has 1 saturated carbocycles. The maximum atomic E-state index is 10.2. The molecule has 12 heavy (non-hydrogen) atoms. The van der Waals surface area contributed by atoms with Crippen molar-refractivity contribution in [3.63, 3.8) is 0 Å². The van der Waals surface area contributed by atoms with Gasteiger partial charge in [0, 0.05) is 6.42 Å². The van der Waals surface area contributed by atoms with Crippen molar-refractivity contribution < 1.29 is 9.90 Å². The van der Waals surface area contributed by atoms with Crippen LogP contribution in [0.15, 0.2) is 0 Å². The Kier molecular flexibility index (Phi) is 3.57. The van der Waals surface area contributed by atoms with Gasteiger partial charge >= 0.3 is 5.97 Å². The summed E-state index contributed by atoms with van der Waals surface area (Å²) in [5.74, 6) is 0.993. The molecule has 0 saturated heterocycles. The first-order valence-corrected chi connectivity index (χ1v) is 4.92. The lowest BCUT2D eigenvalue weighted by molar-refractivity contribution is -0.137. The quantitative estimate of drug-likeness (QED) is 0.688. The zero-order chi connectivity index (χ0) is 8.97.